The lowest BCUT2D eigenvalue weighted by atomic mass is 10.1. The van der Waals surface area contributed by atoms with E-state index in [0.29, 0.717) is 0 Å². The van der Waals surface area contributed by atoms with Crippen LogP contribution in [0, 0.1) is 6.92 Å². The van der Waals surface area contributed by atoms with E-state index in [1.807, 2.05) is 0 Å². The Balaban J connectivity index is 2.22. The first kappa shape index (κ1) is 11.3. The molecule has 2 aromatic rings. The first-order valence-corrected chi connectivity index (χ1v) is 6.39. The third kappa shape index (κ3) is 2.49. The van der Waals surface area contributed by atoms with Crippen molar-refractivity contribution in [2.24, 2.45) is 5.73 Å². The molecule has 1 aromatic carbocycles. The van der Waals surface area contributed by atoms with Crippen molar-refractivity contribution in [2.45, 2.75) is 19.8 Å². The molecule has 2 N–H and O–H groups in total. The highest BCUT2D eigenvalue weighted by Gasteiger charge is 2.05. The molecule has 0 fully saturated rings. The van der Waals surface area contributed by atoms with E-state index in [0.717, 1.165) is 25.1 Å². The van der Waals surface area contributed by atoms with Gasteiger partial charge < -0.3 is 5.73 Å². The maximum absolute atomic E-state index is 5.50. The molecule has 0 aliphatic rings. The number of nitrogens with two attached hydrogens (primary N) is 1. The zero-order valence-electron chi connectivity index (χ0n) is 9.44. The Kier molecular flexibility index (Phi) is 3.70. The van der Waals surface area contributed by atoms with Crippen LogP contribution in [-0.2, 0) is 6.42 Å². The summed E-state index contributed by atoms with van der Waals surface area (Å²) in [6, 6.07) is 8.35. The van der Waals surface area contributed by atoms with Gasteiger partial charge in [-0.3, -0.25) is 0 Å². The molecule has 0 bridgehead atoms. The SMILES string of the molecule is Cc1ccccc1-c1csc(CCCN)n1. The molecule has 1 heterocycles. The number of nitrogens with zero attached hydrogens (tertiary/aromatic N) is 1. The maximum Gasteiger partial charge on any atom is 0.0933 e. The van der Waals surface area contributed by atoms with Crippen molar-refractivity contribution in [3.8, 4) is 11.3 Å². The van der Waals surface area contributed by atoms with Gasteiger partial charge in [0.1, 0.15) is 0 Å². The Hall–Kier alpha value is -1.19. The molecule has 3 heteroatoms. The first-order valence-electron chi connectivity index (χ1n) is 5.51. The van der Waals surface area contributed by atoms with Crippen LogP contribution in [0.4, 0.5) is 0 Å². The van der Waals surface area contributed by atoms with Gasteiger partial charge in [0.25, 0.3) is 0 Å². The number of thiazole rings is 1. The van der Waals surface area contributed by atoms with Crippen molar-refractivity contribution in [3.63, 3.8) is 0 Å². The van der Waals surface area contributed by atoms with Gasteiger partial charge in [0.05, 0.1) is 10.7 Å². The maximum atomic E-state index is 5.50. The molecular formula is C13H16N2S. The van der Waals surface area contributed by atoms with Crippen molar-refractivity contribution in [1.29, 1.82) is 0 Å². The quantitative estimate of drug-likeness (QED) is 0.880. The van der Waals surface area contributed by atoms with Gasteiger partial charge in [-0.25, -0.2) is 4.98 Å². The number of benzene rings is 1. The highest BCUT2D eigenvalue weighted by Crippen LogP contribution is 2.25. The van der Waals surface area contributed by atoms with Crippen LogP contribution in [0.1, 0.15) is 17.0 Å². The highest BCUT2D eigenvalue weighted by molar-refractivity contribution is 7.09. The second-order valence-electron chi connectivity index (χ2n) is 3.83. The average molecular weight is 232 g/mol. The Bertz CT molecular complexity index is 462. The molecule has 84 valence electrons. The smallest absolute Gasteiger partial charge is 0.0933 e. The van der Waals surface area contributed by atoms with Gasteiger partial charge in [0, 0.05) is 17.4 Å². The first-order chi connectivity index (χ1) is 7.81. The summed E-state index contributed by atoms with van der Waals surface area (Å²) in [6.07, 6.45) is 2.01. The van der Waals surface area contributed by atoms with Gasteiger partial charge in [-0.2, -0.15) is 0 Å². The minimum absolute atomic E-state index is 0.735. The molecule has 0 radical (unpaired) electrons. The summed E-state index contributed by atoms with van der Waals surface area (Å²) in [5.41, 5.74) is 9.10. The number of hydrogen-bond donors (Lipinski definition) is 1. The van der Waals surface area contributed by atoms with Crippen LogP contribution in [0.25, 0.3) is 11.3 Å². The van der Waals surface area contributed by atoms with Crippen LogP contribution >= 0.6 is 11.3 Å². The van der Waals surface area contributed by atoms with Crippen molar-refractivity contribution < 1.29 is 0 Å². The number of aromatic nitrogens is 1. The van der Waals surface area contributed by atoms with Crippen molar-refractivity contribution in [1.82, 2.24) is 4.98 Å². The van der Waals surface area contributed by atoms with Crippen LogP contribution < -0.4 is 5.73 Å². The van der Waals surface area contributed by atoms with E-state index in [9.17, 15) is 0 Å². The van der Waals surface area contributed by atoms with Crippen molar-refractivity contribution >= 4 is 11.3 Å². The number of hydrogen-bond acceptors (Lipinski definition) is 3. The van der Waals surface area contributed by atoms with E-state index in [2.05, 4.69) is 41.6 Å². The van der Waals surface area contributed by atoms with E-state index in [4.69, 9.17) is 5.73 Å². The van der Waals surface area contributed by atoms with Crippen molar-refractivity contribution in [2.75, 3.05) is 6.54 Å². The summed E-state index contributed by atoms with van der Waals surface area (Å²) in [6.45, 7) is 2.85. The van der Waals surface area contributed by atoms with Crippen LogP contribution in [0.3, 0.4) is 0 Å². The molecule has 0 saturated heterocycles. The summed E-state index contributed by atoms with van der Waals surface area (Å²) >= 11 is 1.73. The molecule has 0 saturated carbocycles. The minimum Gasteiger partial charge on any atom is -0.330 e. The fourth-order valence-corrected chi connectivity index (χ4v) is 2.50. The van der Waals surface area contributed by atoms with Gasteiger partial charge in [-0.1, -0.05) is 24.3 Å². The van der Waals surface area contributed by atoms with Gasteiger partial charge in [0.2, 0.25) is 0 Å². The van der Waals surface area contributed by atoms with E-state index >= 15 is 0 Å². The second-order valence-corrected chi connectivity index (χ2v) is 4.78. The monoisotopic (exact) mass is 232 g/mol. The normalized spacial score (nSPS) is 10.6. The molecule has 0 amide bonds. The van der Waals surface area contributed by atoms with E-state index in [1.165, 1.54) is 16.1 Å². The van der Waals surface area contributed by atoms with E-state index < -0.39 is 0 Å². The predicted octanol–water partition coefficient (Wildman–Crippen LogP) is 3.01. The van der Waals surface area contributed by atoms with Crippen LogP contribution in [0.5, 0.6) is 0 Å². The largest absolute Gasteiger partial charge is 0.330 e. The van der Waals surface area contributed by atoms with Crippen LogP contribution in [0.15, 0.2) is 29.6 Å². The molecule has 0 atom stereocenters. The van der Waals surface area contributed by atoms with Gasteiger partial charge >= 0.3 is 0 Å². The summed E-state index contributed by atoms with van der Waals surface area (Å²) in [4.78, 5) is 4.64. The predicted molar refractivity (Wildman–Crippen MR) is 69.7 cm³/mol. The Morgan fingerprint density at radius 1 is 1.31 bits per heavy atom. The van der Waals surface area contributed by atoms with Gasteiger partial charge in [-0.15, -0.1) is 11.3 Å². The molecule has 1 aromatic heterocycles. The zero-order valence-corrected chi connectivity index (χ0v) is 10.3. The lowest BCUT2D eigenvalue weighted by Crippen LogP contribution is -1.99. The standard InChI is InChI=1S/C13H16N2S/c1-10-5-2-3-6-11(10)12-9-16-13(15-12)7-4-8-14/h2-3,5-6,9H,4,7-8,14H2,1H3. The summed E-state index contributed by atoms with van der Waals surface area (Å²) in [7, 11) is 0. The zero-order chi connectivity index (χ0) is 11.4. The topological polar surface area (TPSA) is 38.9 Å². The third-order valence-corrected chi connectivity index (χ3v) is 3.48. The summed E-state index contributed by atoms with van der Waals surface area (Å²) < 4.78 is 0. The summed E-state index contributed by atoms with van der Waals surface area (Å²) in [5, 5.41) is 3.32. The average Bonchev–Trinajstić information content (AvgIpc) is 2.75. The fraction of sp³-hybridized carbons (Fsp3) is 0.308. The molecular weight excluding hydrogens is 216 g/mol. The third-order valence-electron chi connectivity index (χ3n) is 2.57. The summed E-state index contributed by atoms with van der Waals surface area (Å²) in [5.74, 6) is 0. The molecule has 16 heavy (non-hydrogen) atoms. The Labute approximate surface area is 100 Å². The van der Waals surface area contributed by atoms with Gasteiger partial charge in [0.15, 0.2) is 0 Å². The second kappa shape index (κ2) is 5.23. The fourth-order valence-electron chi connectivity index (χ4n) is 1.66. The molecule has 0 unspecified atom stereocenters. The minimum atomic E-state index is 0.735. The van der Waals surface area contributed by atoms with Gasteiger partial charge in [-0.05, 0) is 25.5 Å². The Morgan fingerprint density at radius 3 is 2.88 bits per heavy atom. The van der Waals surface area contributed by atoms with Crippen LogP contribution in [0.2, 0.25) is 0 Å². The highest BCUT2D eigenvalue weighted by atomic mass is 32.1. The van der Waals surface area contributed by atoms with E-state index in [1.54, 1.807) is 11.3 Å². The lowest BCUT2D eigenvalue weighted by Gasteiger charge is -2.00. The molecule has 2 rings (SSSR count). The Morgan fingerprint density at radius 2 is 2.12 bits per heavy atom. The molecule has 0 aliphatic heterocycles. The molecule has 2 nitrogen and oxygen atoms in total. The molecule has 0 spiro atoms. The molecule has 0 aliphatic carbocycles. The van der Waals surface area contributed by atoms with Crippen molar-refractivity contribution in [3.05, 3.63) is 40.2 Å². The lowest BCUT2D eigenvalue weighted by molar-refractivity contribution is 0.826. The number of rotatable bonds is 4. The van der Waals surface area contributed by atoms with Crippen LogP contribution in [-0.4, -0.2) is 11.5 Å². The van der Waals surface area contributed by atoms with E-state index in [-0.39, 0.29) is 0 Å². The number of aryl methyl sites for hydroxylation is 2.